The van der Waals surface area contributed by atoms with Crippen LogP contribution in [0.15, 0.2) is 12.1 Å². The van der Waals surface area contributed by atoms with E-state index in [1.807, 2.05) is 29.5 Å². The molecule has 0 bridgehead atoms. The third-order valence-corrected chi connectivity index (χ3v) is 3.32. The van der Waals surface area contributed by atoms with E-state index in [1.54, 1.807) is 12.1 Å². The summed E-state index contributed by atoms with van der Waals surface area (Å²) in [4.78, 5) is 0. The summed E-state index contributed by atoms with van der Waals surface area (Å²) in [5.74, 6) is 0. The first-order valence-electron chi connectivity index (χ1n) is 4.52. The summed E-state index contributed by atoms with van der Waals surface area (Å²) in [6.45, 7) is -2.63. The van der Waals surface area contributed by atoms with E-state index in [1.165, 1.54) is 0 Å². The van der Waals surface area contributed by atoms with Crippen molar-refractivity contribution in [2.45, 2.75) is 19.8 Å². The molecule has 1 rings (SSSR count). The summed E-state index contributed by atoms with van der Waals surface area (Å²) in [7, 11) is 0. The van der Waals surface area contributed by atoms with Gasteiger partial charge in [0, 0.05) is 10.1 Å². The van der Waals surface area contributed by atoms with Gasteiger partial charge in [-0.15, -0.1) is 0 Å². The Morgan fingerprint density at radius 3 is 2.31 bits per heavy atom. The van der Waals surface area contributed by atoms with Gasteiger partial charge in [0.1, 0.15) is 0 Å². The molecule has 7 heteroatoms. The smallest absolute Gasteiger partial charge is 0.449 e. The first-order chi connectivity index (χ1) is 6.83. The monoisotopic (exact) mass is 367 g/mol. The van der Waals surface area contributed by atoms with Crippen molar-refractivity contribution >= 4 is 29.6 Å². The second-order valence-corrected chi connectivity index (χ2v) is 4.64. The van der Waals surface area contributed by atoms with Crippen molar-refractivity contribution in [2.24, 2.45) is 5.73 Å². The van der Waals surface area contributed by atoms with Crippen molar-refractivity contribution in [3.63, 3.8) is 0 Å². The molecule has 0 aliphatic rings. The minimum absolute atomic E-state index is 0. The Hall–Kier alpha value is 1.40. The maximum Gasteiger partial charge on any atom is 1.00 e. The molecule has 0 aromatic heterocycles. The van der Waals surface area contributed by atoms with Gasteiger partial charge in [-0.2, -0.15) is 0 Å². The largest absolute Gasteiger partial charge is 1.00 e. The van der Waals surface area contributed by atoms with Gasteiger partial charge in [-0.05, 0) is 46.7 Å². The summed E-state index contributed by atoms with van der Waals surface area (Å²) in [5, 5.41) is 0. The molecule has 1 aromatic carbocycles. The van der Waals surface area contributed by atoms with E-state index in [0.717, 1.165) is 14.7 Å². The zero-order valence-corrected chi connectivity index (χ0v) is 14.5. The zero-order chi connectivity index (χ0) is 11.6. The van der Waals surface area contributed by atoms with Crippen LogP contribution >= 0.6 is 22.6 Å². The fraction of sp³-hybridized carbons (Fsp3) is 0.333. The Morgan fingerprint density at radius 1 is 1.31 bits per heavy atom. The summed E-state index contributed by atoms with van der Waals surface area (Å²) in [6.07, 6.45) is -0.830. The third kappa shape index (κ3) is 5.36. The number of halogens is 4. The average molecular weight is 367 g/mol. The van der Waals surface area contributed by atoms with Crippen molar-refractivity contribution in [1.82, 2.24) is 0 Å². The predicted octanol–water partition coefficient (Wildman–Crippen LogP) is -0.00858. The van der Waals surface area contributed by atoms with Gasteiger partial charge in [0.15, 0.2) is 0 Å². The van der Waals surface area contributed by atoms with E-state index in [2.05, 4.69) is 0 Å². The molecule has 84 valence electrons. The second kappa shape index (κ2) is 7.10. The normalized spacial score (nSPS) is 11.1. The fourth-order valence-electron chi connectivity index (χ4n) is 1.40. The van der Waals surface area contributed by atoms with Crippen LogP contribution in [0.1, 0.15) is 16.7 Å². The second-order valence-electron chi connectivity index (χ2n) is 3.48. The molecule has 0 heterocycles. The number of rotatable bonds is 3. The molecule has 0 spiro atoms. The van der Waals surface area contributed by atoms with Gasteiger partial charge in [-0.1, -0.05) is 17.9 Å². The average Bonchev–Trinajstić information content (AvgIpc) is 2.08. The third-order valence-electron chi connectivity index (χ3n) is 2.20. The molecule has 0 unspecified atom stereocenters. The number of nitrogens with two attached hydrogens (primary N) is 1. The summed E-state index contributed by atoms with van der Waals surface area (Å²) >= 11 is 2.03. The van der Waals surface area contributed by atoms with Crippen LogP contribution in [-0.2, 0) is 12.9 Å². The van der Waals surface area contributed by atoms with Crippen molar-refractivity contribution in [3.8, 4) is 0 Å². The molecular weight excluding hydrogens is 356 g/mol. The standard InChI is InChI=1S/C9H11BF3IN.K/c1-6-8(5-15)2-7(3-9(6)14)4-10(11,12)13;/h2-3H,4-5,15H2,1H3;/q-1;+1. The van der Waals surface area contributed by atoms with Crippen molar-refractivity contribution in [2.75, 3.05) is 0 Å². The molecule has 2 N–H and O–H groups in total. The number of benzene rings is 1. The van der Waals surface area contributed by atoms with Crippen molar-refractivity contribution in [1.29, 1.82) is 0 Å². The molecule has 1 aromatic rings. The molecule has 1 nitrogen and oxygen atoms in total. The Labute approximate surface area is 149 Å². The SMILES string of the molecule is Cc1c(I)cc(C[B-](F)(F)F)cc1CN.[K+]. The minimum atomic E-state index is -4.77. The topological polar surface area (TPSA) is 26.0 Å². The first-order valence-corrected chi connectivity index (χ1v) is 5.60. The van der Waals surface area contributed by atoms with E-state index < -0.39 is 13.3 Å². The van der Waals surface area contributed by atoms with Crippen molar-refractivity contribution in [3.05, 3.63) is 32.4 Å². The van der Waals surface area contributed by atoms with E-state index in [4.69, 9.17) is 5.73 Å². The molecule has 0 aliphatic carbocycles. The van der Waals surface area contributed by atoms with Gasteiger partial charge in [0.2, 0.25) is 0 Å². The molecule has 0 fully saturated rings. The molecular formula is C9H11BF3IKN. The molecule has 16 heavy (non-hydrogen) atoms. The first kappa shape index (κ1) is 17.4. The van der Waals surface area contributed by atoms with Crippen LogP contribution < -0.4 is 57.1 Å². The fourth-order valence-corrected chi connectivity index (χ4v) is 2.14. The van der Waals surface area contributed by atoms with Crippen LogP contribution in [0, 0.1) is 10.5 Å². The van der Waals surface area contributed by atoms with Gasteiger partial charge >= 0.3 is 58.4 Å². The van der Waals surface area contributed by atoms with E-state index in [0.29, 0.717) is 5.56 Å². The van der Waals surface area contributed by atoms with Crippen LogP contribution in [0.5, 0.6) is 0 Å². The summed E-state index contributed by atoms with van der Waals surface area (Å²) in [5.41, 5.74) is 7.53. The Bertz CT molecular complexity index is 371. The Morgan fingerprint density at radius 2 is 1.88 bits per heavy atom. The molecule has 0 aliphatic heterocycles. The van der Waals surface area contributed by atoms with E-state index >= 15 is 0 Å². The Balaban J connectivity index is 0.00000225. The van der Waals surface area contributed by atoms with Crippen molar-refractivity contribution < 1.29 is 64.3 Å². The number of hydrogen-bond acceptors (Lipinski definition) is 1. The molecule has 0 atom stereocenters. The van der Waals surface area contributed by atoms with E-state index in [-0.39, 0.29) is 57.9 Å². The van der Waals surface area contributed by atoms with Gasteiger partial charge in [0.05, 0.1) is 0 Å². The van der Waals surface area contributed by atoms with Gasteiger partial charge in [0.25, 0.3) is 0 Å². The molecule has 0 radical (unpaired) electrons. The van der Waals surface area contributed by atoms with Gasteiger partial charge < -0.3 is 18.7 Å². The van der Waals surface area contributed by atoms with Gasteiger partial charge in [-0.3, -0.25) is 0 Å². The zero-order valence-electron chi connectivity index (χ0n) is 9.24. The molecule has 0 saturated carbocycles. The van der Waals surface area contributed by atoms with Crippen LogP contribution in [0.3, 0.4) is 0 Å². The van der Waals surface area contributed by atoms with Gasteiger partial charge in [-0.25, -0.2) is 0 Å². The summed E-state index contributed by atoms with van der Waals surface area (Å²) in [6, 6.07) is 3.12. The van der Waals surface area contributed by atoms with Crippen LogP contribution in [-0.4, -0.2) is 6.98 Å². The maximum atomic E-state index is 12.2. The maximum absolute atomic E-state index is 12.2. The Kier molecular flexibility index (Phi) is 7.73. The molecule has 0 amide bonds. The predicted molar refractivity (Wildman–Crippen MR) is 64.6 cm³/mol. The summed E-state index contributed by atoms with van der Waals surface area (Å²) < 4.78 is 37.6. The van der Waals surface area contributed by atoms with Crippen LogP contribution in [0.4, 0.5) is 12.9 Å². The van der Waals surface area contributed by atoms with E-state index in [9.17, 15) is 12.9 Å². The minimum Gasteiger partial charge on any atom is -0.449 e. The van der Waals surface area contributed by atoms with Crippen LogP contribution in [0.2, 0.25) is 0 Å². The molecule has 0 saturated heterocycles. The quantitative estimate of drug-likeness (QED) is 0.591. The van der Waals surface area contributed by atoms with Crippen LogP contribution in [0.25, 0.3) is 0 Å². The number of hydrogen-bond donors (Lipinski definition) is 1.